The number of nitrogens with one attached hydrogen (secondary N) is 1. The van der Waals surface area contributed by atoms with Gasteiger partial charge in [-0.2, -0.15) is 0 Å². The maximum atomic E-state index is 14.4. The van der Waals surface area contributed by atoms with E-state index in [9.17, 15) is 14.0 Å². The molecule has 0 amide bonds. The summed E-state index contributed by atoms with van der Waals surface area (Å²) in [5, 5.41) is 9.80. The number of aliphatic hydroxyl groups is 1. The van der Waals surface area contributed by atoms with Crippen LogP contribution in [0.15, 0.2) is 30.7 Å². The predicted molar refractivity (Wildman–Crippen MR) is 79.8 cm³/mol. The number of allylic oxidation sites excluding steroid dienone is 3. The Kier molecular flexibility index (Phi) is 6.70. The minimum Gasteiger partial charge on any atom is -0.598 e. The Balaban J connectivity index is 3.09. The Morgan fingerprint density at radius 2 is 2.30 bits per heavy atom. The number of halogens is 1. The molecule has 0 radical (unpaired) electrons. The second-order valence-corrected chi connectivity index (χ2v) is 5.55. The van der Waals surface area contributed by atoms with Crippen LogP contribution in [0.3, 0.4) is 0 Å². The van der Waals surface area contributed by atoms with Crippen LogP contribution >= 0.6 is 0 Å². The third-order valence-electron chi connectivity index (χ3n) is 2.76. The van der Waals surface area contributed by atoms with Crippen LogP contribution in [0.1, 0.15) is 31.5 Å². The van der Waals surface area contributed by atoms with Crippen molar-refractivity contribution in [3.8, 4) is 0 Å². The second-order valence-electron chi connectivity index (χ2n) is 3.99. The molecule has 20 heavy (non-hydrogen) atoms. The molecule has 0 aliphatic heterocycles. The van der Waals surface area contributed by atoms with E-state index in [1.165, 1.54) is 18.3 Å². The summed E-state index contributed by atoms with van der Waals surface area (Å²) in [5.74, 6) is -0.0282. The van der Waals surface area contributed by atoms with Gasteiger partial charge in [0.05, 0.1) is 18.0 Å². The summed E-state index contributed by atoms with van der Waals surface area (Å²) in [4.78, 5) is 3.94. The normalized spacial score (nSPS) is 13.8. The zero-order valence-electron chi connectivity index (χ0n) is 11.6. The highest BCUT2D eigenvalue weighted by Gasteiger charge is 2.15. The zero-order chi connectivity index (χ0) is 15.1. The van der Waals surface area contributed by atoms with Gasteiger partial charge in [0.15, 0.2) is 5.82 Å². The first-order valence-electron chi connectivity index (χ1n) is 6.35. The predicted octanol–water partition coefficient (Wildman–Crippen LogP) is 2.86. The maximum absolute atomic E-state index is 14.4. The van der Waals surface area contributed by atoms with E-state index in [0.29, 0.717) is 17.7 Å². The van der Waals surface area contributed by atoms with Crippen LogP contribution in [-0.2, 0) is 17.9 Å². The lowest BCUT2D eigenvalue weighted by Gasteiger charge is -2.12. The smallest absolute Gasteiger partial charge is 0.154 e. The molecule has 0 saturated heterocycles. The molecule has 1 heterocycles. The molecule has 110 valence electrons. The molecule has 0 saturated carbocycles. The lowest BCUT2D eigenvalue weighted by molar-refractivity contribution is 0.397. The van der Waals surface area contributed by atoms with Gasteiger partial charge in [0, 0.05) is 35.1 Å². The van der Waals surface area contributed by atoms with Crippen molar-refractivity contribution < 1.29 is 14.0 Å². The third-order valence-corrected chi connectivity index (χ3v) is 3.75. The second kappa shape index (κ2) is 8.04. The molecule has 0 aromatic carbocycles. The number of hydrogen-bond donors (Lipinski definition) is 2. The van der Waals surface area contributed by atoms with Gasteiger partial charge in [-0.25, -0.2) is 4.39 Å². The van der Waals surface area contributed by atoms with Gasteiger partial charge in [-0.05, 0) is 13.0 Å². The average molecular weight is 298 g/mol. The molecular weight excluding hydrogens is 279 g/mol. The van der Waals surface area contributed by atoms with Crippen molar-refractivity contribution >= 4 is 16.9 Å². The van der Waals surface area contributed by atoms with Crippen molar-refractivity contribution in [3.63, 3.8) is 0 Å². The van der Waals surface area contributed by atoms with Gasteiger partial charge in [-0.1, -0.05) is 19.6 Å². The Bertz CT molecular complexity index is 506. The lowest BCUT2D eigenvalue weighted by Crippen LogP contribution is -2.25. The van der Waals surface area contributed by atoms with Gasteiger partial charge in [-0.15, -0.1) is 4.72 Å². The fourth-order valence-corrected chi connectivity index (χ4v) is 2.14. The van der Waals surface area contributed by atoms with Gasteiger partial charge in [0.1, 0.15) is 5.75 Å². The van der Waals surface area contributed by atoms with Gasteiger partial charge < -0.3 is 9.66 Å². The standard InChI is InChI=1S/C14H19FN2O2S/c1-4-10(13(18)5-2)11-7-8-16-12(14(11)15)9-17-20(19)6-3/h4,7-8,17-18H,1,5-6,9H2,2-3H3/b13-10-/t20-/m0/s1. The van der Waals surface area contributed by atoms with Crippen molar-refractivity contribution in [2.24, 2.45) is 0 Å². The maximum Gasteiger partial charge on any atom is 0.154 e. The third kappa shape index (κ3) is 4.06. The molecule has 0 bridgehead atoms. The van der Waals surface area contributed by atoms with E-state index < -0.39 is 17.2 Å². The number of pyridine rings is 1. The average Bonchev–Trinajstić information content (AvgIpc) is 2.47. The van der Waals surface area contributed by atoms with Crippen LogP contribution in [0.5, 0.6) is 0 Å². The topological polar surface area (TPSA) is 68.2 Å². The highest BCUT2D eigenvalue weighted by Crippen LogP contribution is 2.24. The molecule has 1 aromatic rings. The summed E-state index contributed by atoms with van der Waals surface area (Å²) in [6.45, 7) is 7.20. The molecule has 2 N–H and O–H groups in total. The van der Waals surface area contributed by atoms with Crippen LogP contribution in [-0.4, -0.2) is 20.4 Å². The van der Waals surface area contributed by atoms with Crippen LogP contribution in [0.4, 0.5) is 4.39 Å². The number of aliphatic hydroxyl groups excluding tert-OH is 1. The molecule has 0 unspecified atom stereocenters. The summed E-state index contributed by atoms with van der Waals surface area (Å²) < 4.78 is 28.4. The Morgan fingerprint density at radius 1 is 1.60 bits per heavy atom. The van der Waals surface area contributed by atoms with Crippen molar-refractivity contribution in [1.82, 2.24) is 9.71 Å². The van der Waals surface area contributed by atoms with Crippen molar-refractivity contribution in [2.45, 2.75) is 26.8 Å². The zero-order valence-corrected chi connectivity index (χ0v) is 12.5. The molecule has 1 rings (SSSR count). The first-order valence-corrected chi connectivity index (χ1v) is 7.67. The number of nitrogens with zero attached hydrogens (tertiary/aromatic N) is 1. The first-order chi connectivity index (χ1) is 9.54. The first kappa shape index (κ1) is 16.7. The fourth-order valence-electron chi connectivity index (χ4n) is 1.64. The van der Waals surface area contributed by atoms with E-state index >= 15 is 0 Å². The van der Waals surface area contributed by atoms with Gasteiger partial charge in [0.25, 0.3) is 0 Å². The number of hydrogen-bond acceptors (Lipinski definition) is 4. The van der Waals surface area contributed by atoms with E-state index in [2.05, 4.69) is 16.3 Å². The Morgan fingerprint density at radius 3 is 2.85 bits per heavy atom. The summed E-state index contributed by atoms with van der Waals surface area (Å²) in [6.07, 6.45) is 3.26. The highest BCUT2D eigenvalue weighted by molar-refractivity contribution is 7.89. The molecule has 0 spiro atoms. The number of rotatable bonds is 7. The monoisotopic (exact) mass is 298 g/mol. The van der Waals surface area contributed by atoms with E-state index in [0.717, 1.165) is 0 Å². The van der Waals surface area contributed by atoms with E-state index in [1.807, 2.05) is 0 Å². The van der Waals surface area contributed by atoms with Crippen LogP contribution < -0.4 is 4.72 Å². The van der Waals surface area contributed by atoms with Crippen LogP contribution in [0.2, 0.25) is 0 Å². The Hall–Kier alpha value is -1.37. The molecule has 4 nitrogen and oxygen atoms in total. The van der Waals surface area contributed by atoms with Gasteiger partial charge in [-0.3, -0.25) is 4.98 Å². The lowest BCUT2D eigenvalue weighted by atomic mass is 10.0. The summed E-state index contributed by atoms with van der Waals surface area (Å²) in [6, 6.07) is 1.48. The minimum absolute atomic E-state index is 0.0669. The van der Waals surface area contributed by atoms with E-state index in [1.54, 1.807) is 13.8 Å². The fraction of sp³-hybridized carbons (Fsp3) is 0.357. The quantitative estimate of drug-likeness (QED) is 0.461. The molecular formula is C14H19FN2O2S. The van der Waals surface area contributed by atoms with Gasteiger partial charge in [0.2, 0.25) is 0 Å². The molecule has 1 aromatic heterocycles. The van der Waals surface area contributed by atoms with Crippen molar-refractivity contribution in [2.75, 3.05) is 5.75 Å². The van der Waals surface area contributed by atoms with E-state index in [4.69, 9.17) is 0 Å². The van der Waals surface area contributed by atoms with Crippen LogP contribution in [0, 0.1) is 5.82 Å². The van der Waals surface area contributed by atoms with Crippen molar-refractivity contribution in [1.29, 1.82) is 0 Å². The van der Waals surface area contributed by atoms with Crippen LogP contribution in [0.25, 0.3) is 5.57 Å². The molecule has 0 aliphatic rings. The molecule has 1 atom stereocenters. The molecule has 6 heteroatoms. The molecule has 0 aliphatic carbocycles. The minimum atomic E-state index is -1.20. The van der Waals surface area contributed by atoms with E-state index in [-0.39, 0.29) is 23.6 Å². The highest BCUT2D eigenvalue weighted by atomic mass is 32.2. The largest absolute Gasteiger partial charge is 0.598 e. The summed E-state index contributed by atoms with van der Waals surface area (Å²) >= 11 is -1.20. The number of aromatic nitrogens is 1. The summed E-state index contributed by atoms with van der Waals surface area (Å²) in [7, 11) is 0. The van der Waals surface area contributed by atoms with Crippen molar-refractivity contribution in [3.05, 3.63) is 47.8 Å². The Labute approximate surface area is 121 Å². The summed E-state index contributed by atoms with van der Waals surface area (Å²) in [5.41, 5.74) is 0.756. The molecule has 0 fully saturated rings. The SMILES string of the molecule is C=C/C(=C(/O)CC)c1ccnc(CN[S@@+]([O-])CC)c1F. The van der Waals surface area contributed by atoms with Gasteiger partial charge >= 0.3 is 0 Å².